The number of carbonyl (C=O) groups is 1. The van der Waals surface area contributed by atoms with Crippen molar-refractivity contribution in [2.24, 2.45) is 11.7 Å². The third-order valence-corrected chi connectivity index (χ3v) is 2.26. The molecule has 0 aliphatic rings. The van der Waals surface area contributed by atoms with Crippen LogP contribution in [0.4, 0.5) is 5.69 Å². The average Bonchev–Trinajstić information content (AvgIpc) is 2.45. The van der Waals surface area contributed by atoms with Gasteiger partial charge in [-0.25, -0.2) is 4.68 Å². The summed E-state index contributed by atoms with van der Waals surface area (Å²) in [5, 5.41) is 3.88. The van der Waals surface area contributed by atoms with E-state index < -0.39 is 6.04 Å². The van der Waals surface area contributed by atoms with Crippen molar-refractivity contribution in [3.05, 3.63) is 11.9 Å². The summed E-state index contributed by atoms with van der Waals surface area (Å²) in [6.45, 7) is 5.53. The number of hydrogen-bond donors (Lipinski definition) is 2. The molecule has 0 unspecified atom stereocenters. The van der Waals surface area contributed by atoms with Gasteiger partial charge in [0.25, 0.3) is 5.91 Å². The maximum atomic E-state index is 11.7. The zero-order chi connectivity index (χ0) is 10.9. The second kappa shape index (κ2) is 3.79. The maximum absolute atomic E-state index is 11.7. The summed E-state index contributed by atoms with van der Waals surface area (Å²) in [7, 11) is 0. The third-order valence-electron chi connectivity index (χ3n) is 2.26. The fourth-order valence-corrected chi connectivity index (χ4v) is 1.07. The number of aromatic nitrogens is 2. The summed E-state index contributed by atoms with van der Waals surface area (Å²) in [5.41, 5.74) is 12.5. The zero-order valence-electron chi connectivity index (χ0n) is 8.69. The second-order valence-electron chi connectivity index (χ2n) is 3.71. The Balaban J connectivity index is 2.95. The molecule has 0 aliphatic heterocycles. The van der Waals surface area contributed by atoms with Crippen molar-refractivity contribution in [2.45, 2.75) is 26.8 Å². The van der Waals surface area contributed by atoms with Crippen LogP contribution in [0.25, 0.3) is 0 Å². The van der Waals surface area contributed by atoms with Gasteiger partial charge in [0.15, 0.2) is 0 Å². The standard InChI is InChI=1S/C9H16N4O/c1-5(2)8(11)9(14)13-6(3)7(10)4-12-13/h4-5,8H,10-11H2,1-3H3/t8-/m0/s1. The highest BCUT2D eigenvalue weighted by atomic mass is 16.2. The highest BCUT2D eigenvalue weighted by Crippen LogP contribution is 2.10. The molecule has 1 heterocycles. The van der Waals surface area contributed by atoms with Gasteiger partial charge in [0, 0.05) is 0 Å². The van der Waals surface area contributed by atoms with E-state index in [-0.39, 0.29) is 11.8 Å². The molecule has 0 saturated carbocycles. The van der Waals surface area contributed by atoms with Crippen LogP contribution in [0.3, 0.4) is 0 Å². The molecule has 0 amide bonds. The lowest BCUT2D eigenvalue weighted by atomic mass is 10.1. The fourth-order valence-electron chi connectivity index (χ4n) is 1.07. The Labute approximate surface area is 83.1 Å². The van der Waals surface area contributed by atoms with Gasteiger partial charge in [-0.2, -0.15) is 5.10 Å². The van der Waals surface area contributed by atoms with Gasteiger partial charge in [-0.05, 0) is 12.8 Å². The van der Waals surface area contributed by atoms with Crippen molar-refractivity contribution < 1.29 is 4.79 Å². The van der Waals surface area contributed by atoms with Crippen LogP contribution in [0.1, 0.15) is 24.3 Å². The summed E-state index contributed by atoms with van der Waals surface area (Å²) in [5.74, 6) is -0.124. The van der Waals surface area contributed by atoms with Crippen LogP contribution in [-0.2, 0) is 0 Å². The van der Waals surface area contributed by atoms with Gasteiger partial charge in [0.2, 0.25) is 0 Å². The van der Waals surface area contributed by atoms with Crippen LogP contribution in [0.15, 0.2) is 6.20 Å². The molecule has 0 aromatic carbocycles. The normalized spacial score (nSPS) is 13.2. The minimum absolute atomic E-state index is 0.0901. The number of nitrogens with two attached hydrogens (primary N) is 2. The molecule has 14 heavy (non-hydrogen) atoms. The Morgan fingerprint density at radius 2 is 2.14 bits per heavy atom. The first-order valence-electron chi connectivity index (χ1n) is 4.55. The summed E-state index contributed by atoms with van der Waals surface area (Å²) in [6, 6.07) is -0.534. The summed E-state index contributed by atoms with van der Waals surface area (Å²) in [6.07, 6.45) is 1.46. The molecule has 0 aliphatic carbocycles. The number of rotatable bonds is 2. The Morgan fingerprint density at radius 3 is 2.50 bits per heavy atom. The van der Waals surface area contributed by atoms with Gasteiger partial charge >= 0.3 is 0 Å². The molecule has 5 heteroatoms. The Morgan fingerprint density at radius 1 is 1.57 bits per heavy atom. The van der Waals surface area contributed by atoms with Gasteiger partial charge in [-0.3, -0.25) is 4.79 Å². The minimum atomic E-state index is -0.534. The second-order valence-corrected chi connectivity index (χ2v) is 3.71. The number of hydrogen-bond acceptors (Lipinski definition) is 4. The molecule has 4 N–H and O–H groups in total. The topological polar surface area (TPSA) is 86.9 Å². The Hall–Kier alpha value is -1.36. The van der Waals surface area contributed by atoms with Crippen molar-refractivity contribution in [1.82, 2.24) is 9.78 Å². The lowest BCUT2D eigenvalue weighted by Gasteiger charge is -2.14. The largest absolute Gasteiger partial charge is 0.396 e. The number of nitrogens with zero attached hydrogens (tertiary/aromatic N) is 2. The average molecular weight is 196 g/mol. The smallest absolute Gasteiger partial charge is 0.264 e. The molecule has 0 spiro atoms. The third kappa shape index (κ3) is 1.77. The van der Waals surface area contributed by atoms with Gasteiger partial charge < -0.3 is 11.5 Å². The zero-order valence-corrected chi connectivity index (χ0v) is 8.69. The summed E-state index contributed by atoms with van der Waals surface area (Å²) < 4.78 is 1.26. The maximum Gasteiger partial charge on any atom is 0.264 e. The predicted octanol–water partition coefficient (Wildman–Crippen LogP) is 0.397. The molecule has 1 aromatic rings. The van der Waals surface area contributed by atoms with Crippen LogP contribution in [0.5, 0.6) is 0 Å². The van der Waals surface area contributed by atoms with Gasteiger partial charge in [0.05, 0.1) is 23.6 Å². The summed E-state index contributed by atoms with van der Waals surface area (Å²) in [4.78, 5) is 11.7. The van der Waals surface area contributed by atoms with Crippen molar-refractivity contribution in [1.29, 1.82) is 0 Å². The molecule has 78 valence electrons. The first kappa shape index (κ1) is 10.7. The molecule has 0 saturated heterocycles. The van der Waals surface area contributed by atoms with Crippen LogP contribution >= 0.6 is 0 Å². The van der Waals surface area contributed by atoms with Crippen molar-refractivity contribution in [2.75, 3.05) is 5.73 Å². The molecule has 0 fully saturated rings. The van der Waals surface area contributed by atoms with E-state index >= 15 is 0 Å². The fraction of sp³-hybridized carbons (Fsp3) is 0.556. The quantitative estimate of drug-likeness (QED) is 0.716. The number of carbonyl (C=O) groups excluding carboxylic acids is 1. The van der Waals surface area contributed by atoms with E-state index in [1.54, 1.807) is 6.92 Å². The van der Waals surface area contributed by atoms with Crippen LogP contribution in [0, 0.1) is 12.8 Å². The van der Waals surface area contributed by atoms with Gasteiger partial charge in [0.1, 0.15) is 0 Å². The van der Waals surface area contributed by atoms with Crippen LogP contribution in [-0.4, -0.2) is 21.7 Å². The van der Waals surface area contributed by atoms with Crippen LogP contribution < -0.4 is 11.5 Å². The van der Waals surface area contributed by atoms with Crippen LogP contribution in [0.2, 0.25) is 0 Å². The highest BCUT2D eigenvalue weighted by Gasteiger charge is 2.21. The number of anilines is 1. The predicted molar refractivity (Wildman–Crippen MR) is 54.8 cm³/mol. The molecule has 1 aromatic heterocycles. The lowest BCUT2D eigenvalue weighted by Crippen LogP contribution is -2.39. The van der Waals surface area contributed by atoms with E-state index in [1.165, 1.54) is 10.9 Å². The molecular formula is C9H16N4O. The molecule has 0 radical (unpaired) electrons. The van der Waals surface area contributed by atoms with Crippen molar-refractivity contribution in [3.63, 3.8) is 0 Å². The Bertz CT molecular complexity index is 343. The van der Waals surface area contributed by atoms with E-state index in [4.69, 9.17) is 11.5 Å². The van der Waals surface area contributed by atoms with Gasteiger partial charge in [-0.15, -0.1) is 0 Å². The molecule has 5 nitrogen and oxygen atoms in total. The van der Waals surface area contributed by atoms with E-state index in [0.717, 1.165) is 0 Å². The highest BCUT2D eigenvalue weighted by molar-refractivity contribution is 5.84. The van der Waals surface area contributed by atoms with E-state index in [1.807, 2.05) is 13.8 Å². The minimum Gasteiger partial charge on any atom is -0.396 e. The monoisotopic (exact) mass is 196 g/mol. The molecular weight excluding hydrogens is 180 g/mol. The molecule has 1 rings (SSSR count). The van der Waals surface area contributed by atoms with E-state index in [0.29, 0.717) is 11.4 Å². The number of nitrogen functional groups attached to an aromatic ring is 1. The lowest BCUT2D eigenvalue weighted by molar-refractivity contribution is 0.0838. The van der Waals surface area contributed by atoms with Crippen molar-refractivity contribution >= 4 is 11.6 Å². The van der Waals surface area contributed by atoms with Gasteiger partial charge in [-0.1, -0.05) is 13.8 Å². The Kier molecular flexibility index (Phi) is 2.90. The van der Waals surface area contributed by atoms with E-state index in [2.05, 4.69) is 5.10 Å². The first-order chi connectivity index (χ1) is 6.45. The first-order valence-corrected chi connectivity index (χ1v) is 4.55. The molecule has 0 bridgehead atoms. The van der Waals surface area contributed by atoms with E-state index in [9.17, 15) is 4.79 Å². The SMILES string of the molecule is Cc1c(N)cnn1C(=O)[C@@H](N)C(C)C. The van der Waals surface area contributed by atoms with Crippen molar-refractivity contribution in [3.8, 4) is 0 Å². The summed E-state index contributed by atoms with van der Waals surface area (Å²) >= 11 is 0. The molecule has 1 atom stereocenters.